The van der Waals surface area contributed by atoms with E-state index in [9.17, 15) is 5.26 Å². The first-order valence-electron chi connectivity index (χ1n) is 17.8. The Bertz CT molecular complexity index is 2610. The third kappa shape index (κ3) is 5.79. The predicted molar refractivity (Wildman–Crippen MR) is 215 cm³/mol. The zero-order chi connectivity index (χ0) is 35.9. The highest BCUT2D eigenvalue weighted by Crippen LogP contribution is 2.51. The molecule has 0 spiro atoms. The Morgan fingerprint density at radius 1 is 0.377 bits per heavy atom. The van der Waals surface area contributed by atoms with Gasteiger partial charge in [0.05, 0.1) is 11.6 Å². The minimum absolute atomic E-state index is 0.125. The summed E-state index contributed by atoms with van der Waals surface area (Å²) in [6, 6.07) is 61.0. The summed E-state index contributed by atoms with van der Waals surface area (Å²) >= 11 is 0. The Balaban J connectivity index is 1.12. The second-order valence-electron chi connectivity index (χ2n) is 14.0. The molecule has 0 unspecified atom stereocenters. The topological polar surface area (TPSA) is 62.5 Å². The van der Waals surface area contributed by atoms with E-state index in [0.717, 1.165) is 44.5 Å². The van der Waals surface area contributed by atoms with Crippen molar-refractivity contribution in [1.82, 2.24) is 15.0 Å². The Morgan fingerprint density at radius 3 is 1.49 bits per heavy atom. The largest absolute Gasteiger partial charge is 0.208 e. The quantitative estimate of drug-likeness (QED) is 0.176. The molecule has 1 aliphatic rings. The van der Waals surface area contributed by atoms with Gasteiger partial charge in [-0.25, -0.2) is 15.0 Å². The van der Waals surface area contributed by atoms with Crippen LogP contribution in [0.15, 0.2) is 170 Å². The minimum atomic E-state index is -0.125. The van der Waals surface area contributed by atoms with E-state index in [0.29, 0.717) is 23.0 Å². The Hall–Kier alpha value is -6.96. The molecule has 7 aromatic carbocycles. The maximum absolute atomic E-state index is 9.49. The van der Waals surface area contributed by atoms with Crippen LogP contribution >= 0.6 is 0 Å². The van der Waals surface area contributed by atoms with Gasteiger partial charge in [0.15, 0.2) is 17.5 Å². The fourth-order valence-electron chi connectivity index (χ4n) is 7.57. The molecular formula is C49H34N4. The molecule has 0 atom stereocenters. The van der Waals surface area contributed by atoms with Crippen LogP contribution in [0.25, 0.3) is 78.7 Å². The fourth-order valence-corrected chi connectivity index (χ4v) is 7.57. The molecular weight excluding hydrogens is 645 g/mol. The Labute approximate surface area is 309 Å². The van der Waals surface area contributed by atoms with Crippen LogP contribution in [0.4, 0.5) is 0 Å². The molecule has 0 saturated carbocycles. The standard InChI is InChI=1S/C49H34N4/c1-49(2)44-19-10-9-18-40(44)43-29-41(34-22-20-32(31-50)21-23-34)42(30-45(43)49)35-26-24-33(25-27-35)38-16-11-17-39(28-38)48-52-46(36-12-5-3-6-13-36)51-47(53-48)37-14-7-4-8-15-37/h3-30H,1-2H3. The van der Waals surface area contributed by atoms with E-state index < -0.39 is 0 Å². The van der Waals surface area contributed by atoms with Crippen molar-refractivity contribution in [3.05, 3.63) is 187 Å². The van der Waals surface area contributed by atoms with Gasteiger partial charge >= 0.3 is 0 Å². The van der Waals surface area contributed by atoms with Crippen LogP contribution in [0.3, 0.4) is 0 Å². The average Bonchev–Trinajstić information content (AvgIpc) is 3.46. The molecule has 0 bridgehead atoms. The van der Waals surface area contributed by atoms with Crippen LogP contribution in [0.2, 0.25) is 0 Å². The Kier molecular flexibility index (Phi) is 7.83. The molecule has 1 aromatic heterocycles. The van der Waals surface area contributed by atoms with Crippen LogP contribution in [0.5, 0.6) is 0 Å². The molecule has 0 saturated heterocycles. The van der Waals surface area contributed by atoms with E-state index in [1.54, 1.807) is 0 Å². The van der Waals surface area contributed by atoms with Crippen LogP contribution in [0, 0.1) is 11.3 Å². The van der Waals surface area contributed by atoms with Crippen molar-refractivity contribution in [3.63, 3.8) is 0 Å². The van der Waals surface area contributed by atoms with E-state index >= 15 is 0 Å². The number of nitriles is 1. The van der Waals surface area contributed by atoms with Gasteiger partial charge in [-0.1, -0.05) is 153 Å². The number of hydrogen-bond acceptors (Lipinski definition) is 4. The summed E-state index contributed by atoms with van der Waals surface area (Å²) < 4.78 is 0. The van der Waals surface area contributed by atoms with Crippen molar-refractivity contribution >= 4 is 0 Å². The molecule has 8 aromatic rings. The molecule has 53 heavy (non-hydrogen) atoms. The summed E-state index contributed by atoms with van der Waals surface area (Å²) in [7, 11) is 0. The maximum atomic E-state index is 9.49. The third-order valence-electron chi connectivity index (χ3n) is 10.4. The lowest BCUT2D eigenvalue weighted by molar-refractivity contribution is 0.660. The van der Waals surface area contributed by atoms with Crippen LogP contribution in [0.1, 0.15) is 30.5 Å². The van der Waals surface area contributed by atoms with E-state index in [1.807, 2.05) is 72.8 Å². The highest BCUT2D eigenvalue weighted by Gasteiger charge is 2.36. The maximum Gasteiger partial charge on any atom is 0.164 e. The highest BCUT2D eigenvalue weighted by molar-refractivity contribution is 5.93. The van der Waals surface area contributed by atoms with Crippen LogP contribution in [-0.2, 0) is 5.41 Å². The highest BCUT2D eigenvalue weighted by atomic mass is 15.0. The summed E-state index contributed by atoms with van der Waals surface area (Å²) in [5.41, 5.74) is 15.3. The molecule has 1 heterocycles. The molecule has 0 N–H and O–H groups in total. The van der Waals surface area contributed by atoms with Crippen molar-refractivity contribution in [2.24, 2.45) is 0 Å². The molecule has 1 aliphatic carbocycles. The van der Waals surface area contributed by atoms with Crippen molar-refractivity contribution in [2.75, 3.05) is 0 Å². The van der Waals surface area contributed by atoms with E-state index in [-0.39, 0.29) is 5.41 Å². The van der Waals surface area contributed by atoms with Crippen molar-refractivity contribution in [2.45, 2.75) is 19.3 Å². The van der Waals surface area contributed by atoms with Crippen molar-refractivity contribution in [3.8, 4) is 84.7 Å². The number of hydrogen-bond donors (Lipinski definition) is 0. The van der Waals surface area contributed by atoms with Crippen LogP contribution in [-0.4, -0.2) is 15.0 Å². The van der Waals surface area contributed by atoms with Gasteiger partial charge in [0.1, 0.15) is 0 Å². The monoisotopic (exact) mass is 678 g/mol. The average molecular weight is 679 g/mol. The van der Waals surface area contributed by atoms with Gasteiger partial charge < -0.3 is 0 Å². The van der Waals surface area contributed by atoms with Gasteiger partial charge in [-0.05, 0) is 86.0 Å². The summed E-state index contributed by atoms with van der Waals surface area (Å²) in [6.45, 7) is 4.63. The molecule has 9 rings (SSSR count). The Morgan fingerprint density at radius 2 is 0.868 bits per heavy atom. The second kappa shape index (κ2) is 13.0. The molecule has 0 aliphatic heterocycles. The first-order chi connectivity index (χ1) is 26.0. The van der Waals surface area contributed by atoms with E-state index in [2.05, 4.69) is 117 Å². The first-order valence-corrected chi connectivity index (χ1v) is 17.8. The van der Waals surface area contributed by atoms with E-state index in [4.69, 9.17) is 15.0 Å². The molecule has 4 heteroatoms. The lowest BCUT2D eigenvalue weighted by Crippen LogP contribution is -2.15. The van der Waals surface area contributed by atoms with Crippen LogP contribution < -0.4 is 0 Å². The number of fused-ring (bicyclic) bond motifs is 3. The van der Waals surface area contributed by atoms with Gasteiger partial charge in [-0.2, -0.15) is 5.26 Å². The fraction of sp³-hybridized carbons (Fsp3) is 0.0612. The zero-order valence-electron chi connectivity index (χ0n) is 29.5. The normalized spacial score (nSPS) is 12.5. The number of rotatable bonds is 6. The number of benzene rings is 7. The summed E-state index contributed by atoms with van der Waals surface area (Å²) in [5, 5.41) is 9.49. The second-order valence-corrected chi connectivity index (χ2v) is 14.0. The van der Waals surface area contributed by atoms with Crippen molar-refractivity contribution in [1.29, 1.82) is 5.26 Å². The lowest BCUT2D eigenvalue weighted by atomic mass is 9.80. The smallest absolute Gasteiger partial charge is 0.164 e. The lowest BCUT2D eigenvalue weighted by Gasteiger charge is -2.23. The van der Waals surface area contributed by atoms with Gasteiger partial charge in [-0.15, -0.1) is 0 Å². The molecule has 4 nitrogen and oxygen atoms in total. The summed E-state index contributed by atoms with van der Waals surface area (Å²) in [4.78, 5) is 14.8. The first kappa shape index (κ1) is 32.0. The third-order valence-corrected chi connectivity index (χ3v) is 10.4. The molecule has 0 fully saturated rings. The zero-order valence-corrected chi connectivity index (χ0v) is 29.5. The van der Waals surface area contributed by atoms with E-state index in [1.165, 1.54) is 27.8 Å². The van der Waals surface area contributed by atoms with Gasteiger partial charge in [0.2, 0.25) is 0 Å². The minimum Gasteiger partial charge on any atom is -0.208 e. The van der Waals surface area contributed by atoms with Gasteiger partial charge in [0.25, 0.3) is 0 Å². The molecule has 250 valence electrons. The number of nitrogens with zero attached hydrogens (tertiary/aromatic N) is 4. The number of aromatic nitrogens is 3. The molecule has 0 amide bonds. The summed E-state index contributed by atoms with van der Waals surface area (Å²) in [6.07, 6.45) is 0. The predicted octanol–water partition coefficient (Wildman–Crippen LogP) is 12.1. The van der Waals surface area contributed by atoms with Gasteiger partial charge in [-0.3, -0.25) is 0 Å². The van der Waals surface area contributed by atoms with Gasteiger partial charge in [0, 0.05) is 22.1 Å². The molecule has 0 radical (unpaired) electrons. The SMILES string of the molecule is CC1(C)c2ccccc2-c2cc(-c3ccc(C#N)cc3)c(-c3ccc(-c4cccc(-c5nc(-c6ccccc6)nc(-c6ccccc6)n5)c4)cc3)cc21. The van der Waals surface area contributed by atoms with Crippen molar-refractivity contribution < 1.29 is 0 Å². The summed E-state index contributed by atoms with van der Waals surface area (Å²) in [5.74, 6) is 1.91.